The van der Waals surface area contributed by atoms with Crippen molar-refractivity contribution in [2.75, 3.05) is 46.1 Å². The molecule has 2 N–H and O–H groups in total. The number of carbonyl (C=O) groups is 2. The largest absolute Gasteiger partial charge is 0.465 e. The number of likely N-dealkylation sites (N-methyl/N-ethyl adjacent to an activating group) is 1. The molecule has 0 aliphatic carbocycles. The summed E-state index contributed by atoms with van der Waals surface area (Å²) in [5.74, 6) is 0.132. The van der Waals surface area contributed by atoms with Crippen molar-refractivity contribution in [1.29, 1.82) is 0 Å². The molecule has 0 unspecified atom stereocenters. The summed E-state index contributed by atoms with van der Waals surface area (Å²) in [6.07, 6.45) is 0. The van der Waals surface area contributed by atoms with Crippen LogP contribution >= 0.6 is 0 Å². The van der Waals surface area contributed by atoms with Crippen LogP contribution in [-0.2, 0) is 4.74 Å². The third kappa shape index (κ3) is 4.29. The predicted molar refractivity (Wildman–Crippen MR) is 118 cm³/mol. The van der Waals surface area contributed by atoms with Gasteiger partial charge >= 0.3 is 5.97 Å². The second-order valence-corrected chi connectivity index (χ2v) is 7.58. The van der Waals surface area contributed by atoms with Gasteiger partial charge in [0.1, 0.15) is 5.82 Å². The highest BCUT2D eigenvalue weighted by molar-refractivity contribution is 5.94. The van der Waals surface area contributed by atoms with Gasteiger partial charge in [-0.2, -0.15) is 5.10 Å². The van der Waals surface area contributed by atoms with Gasteiger partial charge in [-0.15, -0.1) is 0 Å². The second kappa shape index (κ2) is 8.61. The number of amides is 1. The van der Waals surface area contributed by atoms with Crippen molar-refractivity contribution in [3.05, 3.63) is 65.7 Å². The van der Waals surface area contributed by atoms with Crippen molar-refractivity contribution in [2.24, 2.45) is 0 Å². The number of hydrogen-bond donors (Lipinski definition) is 1. The number of ether oxygens (including phenoxy) is 1. The lowest BCUT2D eigenvalue weighted by Crippen LogP contribution is -2.47. The highest BCUT2D eigenvalue weighted by atomic mass is 16.5. The topological polar surface area (TPSA) is 93.7 Å². The van der Waals surface area contributed by atoms with Crippen LogP contribution in [-0.4, -0.2) is 71.8 Å². The Kier molecular flexibility index (Phi) is 5.73. The lowest BCUT2D eigenvalue weighted by molar-refractivity contribution is 0.0600. The van der Waals surface area contributed by atoms with E-state index in [1.54, 1.807) is 35.0 Å². The monoisotopic (exact) mass is 419 g/mol. The molecule has 0 radical (unpaired) electrons. The Hall–Kier alpha value is -3.65. The second-order valence-electron chi connectivity index (χ2n) is 7.58. The number of hydrogen-bond acceptors (Lipinski definition) is 6. The lowest BCUT2D eigenvalue weighted by atomic mass is 10.1. The molecule has 0 saturated carbocycles. The molecule has 1 aliphatic heterocycles. The number of anilines is 1. The molecule has 1 aliphatic rings. The molecule has 1 fully saturated rings. The third-order valence-electron chi connectivity index (χ3n) is 5.49. The Morgan fingerprint density at radius 2 is 1.55 bits per heavy atom. The van der Waals surface area contributed by atoms with Crippen molar-refractivity contribution >= 4 is 17.7 Å². The number of aromatic nitrogens is 2. The highest BCUT2D eigenvalue weighted by Gasteiger charge is 2.20. The summed E-state index contributed by atoms with van der Waals surface area (Å²) in [4.78, 5) is 28.4. The van der Waals surface area contributed by atoms with E-state index in [1.165, 1.54) is 7.11 Å². The zero-order chi connectivity index (χ0) is 22.0. The quantitative estimate of drug-likeness (QED) is 0.652. The fourth-order valence-electron chi connectivity index (χ4n) is 3.58. The summed E-state index contributed by atoms with van der Waals surface area (Å²) in [5.41, 5.74) is 9.60. The van der Waals surface area contributed by atoms with Crippen LogP contribution in [0, 0.1) is 0 Å². The normalized spacial score (nSPS) is 14.5. The van der Waals surface area contributed by atoms with Crippen LogP contribution in [0.4, 0.5) is 5.82 Å². The minimum absolute atomic E-state index is 0.0412. The maximum Gasteiger partial charge on any atom is 0.337 e. The van der Waals surface area contributed by atoms with Gasteiger partial charge in [-0.05, 0) is 43.4 Å². The van der Waals surface area contributed by atoms with Crippen molar-refractivity contribution < 1.29 is 14.3 Å². The first-order valence-corrected chi connectivity index (χ1v) is 10.1. The van der Waals surface area contributed by atoms with Crippen LogP contribution in [0.5, 0.6) is 0 Å². The molecule has 1 amide bonds. The molecule has 2 aromatic carbocycles. The highest BCUT2D eigenvalue weighted by Crippen LogP contribution is 2.24. The van der Waals surface area contributed by atoms with Gasteiger partial charge in [-0.1, -0.05) is 12.1 Å². The minimum Gasteiger partial charge on any atom is -0.465 e. The maximum absolute atomic E-state index is 12.7. The SMILES string of the molecule is COC(=O)c1ccc(-c2cc(N)n(-c3ccc(C(=O)N4CCN(C)CC4)cc3)n2)cc1. The van der Waals surface area contributed by atoms with E-state index in [0.29, 0.717) is 22.6 Å². The molecule has 1 saturated heterocycles. The molecular formula is C23H25N5O3. The number of nitrogen functional groups attached to an aromatic ring is 1. The van der Waals surface area contributed by atoms with Crippen LogP contribution in [0.25, 0.3) is 16.9 Å². The molecule has 1 aromatic heterocycles. The molecule has 8 nitrogen and oxygen atoms in total. The number of rotatable bonds is 4. The van der Waals surface area contributed by atoms with Crippen LogP contribution < -0.4 is 5.73 Å². The molecule has 3 aromatic rings. The van der Waals surface area contributed by atoms with Gasteiger partial charge in [-0.25, -0.2) is 9.48 Å². The first-order chi connectivity index (χ1) is 15.0. The molecule has 4 rings (SSSR count). The third-order valence-corrected chi connectivity index (χ3v) is 5.49. The first-order valence-electron chi connectivity index (χ1n) is 10.1. The minimum atomic E-state index is -0.386. The van der Waals surface area contributed by atoms with Crippen molar-refractivity contribution in [3.63, 3.8) is 0 Å². The Bertz CT molecular complexity index is 1080. The van der Waals surface area contributed by atoms with Crippen molar-refractivity contribution in [3.8, 4) is 16.9 Å². The van der Waals surface area contributed by atoms with Crippen LogP contribution in [0.1, 0.15) is 20.7 Å². The van der Waals surface area contributed by atoms with E-state index in [2.05, 4.69) is 17.0 Å². The van der Waals surface area contributed by atoms with Crippen molar-refractivity contribution in [1.82, 2.24) is 19.6 Å². The van der Waals surface area contributed by atoms with Crippen LogP contribution in [0.15, 0.2) is 54.6 Å². The number of nitrogens with two attached hydrogens (primary N) is 1. The Labute approximate surface area is 180 Å². The summed E-state index contributed by atoms with van der Waals surface area (Å²) in [6.45, 7) is 3.25. The van der Waals surface area contributed by atoms with Gasteiger partial charge in [0, 0.05) is 43.4 Å². The van der Waals surface area contributed by atoms with E-state index in [-0.39, 0.29) is 11.9 Å². The van der Waals surface area contributed by atoms with Crippen LogP contribution in [0.3, 0.4) is 0 Å². The number of benzene rings is 2. The lowest BCUT2D eigenvalue weighted by Gasteiger charge is -2.32. The molecule has 0 atom stereocenters. The number of methoxy groups -OCH3 is 1. The van der Waals surface area contributed by atoms with E-state index in [9.17, 15) is 9.59 Å². The fourth-order valence-corrected chi connectivity index (χ4v) is 3.58. The molecule has 2 heterocycles. The summed E-state index contributed by atoms with van der Waals surface area (Å²) in [6, 6.07) is 16.1. The summed E-state index contributed by atoms with van der Waals surface area (Å²) >= 11 is 0. The van der Waals surface area contributed by atoms with Crippen molar-refractivity contribution in [2.45, 2.75) is 0 Å². The van der Waals surface area contributed by atoms with E-state index in [1.807, 2.05) is 29.2 Å². The zero-order valence-electron chi connectivity index (χ0n) is 17.6. The molecule has 8 heteroatoms. The Morgan fingerprint density at radius 3 is 2.16 bits per heavy atom. The smallest absolute Gasteiger partial charge is 0.337 e. The zero-order valence-corrected chi connectivity index (χ0v) is 17.6. The van der Waals surface area contributed by atoms with Gasteiger partial charge in [0.2, 0.25) is 0 Å². The first kappa shape index (κ1) is 20.6. The van der Waals surface area contributed by atoms with Gasteiger partial charge in [0.25, 0.3) is 5.91 Å². The number of carbonyl (C=O) groups excluding carboxylic acids is 2. The average Bonchev–Trinajstić information content (AvgIpc) is 3.20. The maximum atomic E-state index is 12.7. The van der Waals surface area contributed by atoms with Gasteiger partial charge in [-0.3, -0.25) is 4.79 Å². The van der Waals surface area contributed by atoms with E-state index in [4.69, 9.17) is 10.5 Å². The van der Waals surface area contributed by atoms with E-state index < -0.39 is 0 Å². The summed E-state index contributed by atoms with van der Waals surface area (Å²) in [7, 11) is 3.41. The van der Waals surface area contributed by atoms with E-state index >= 15 is 0 Å². The number of piperazine rings is 1. The number of esters is 1. The predicted octanol–water partition coefficient (Wildman–Crippen LogP) is 2.30. The molecule has 0 bridgehead atoms. The average molecular weight is 419 g/mol. The Morgan fingerprint density at radius 1 is 0.935 bits per heavy atom. The molecular weight excluding hydrogens is 394 g/mol. The standard InChI is InChI=1S/C23H25N5O3/c1-26-11-13-27(14-12-26)22(29)17-7-9-19(10-8-17)28-21(24)15-20(25-28)16-3-5-18(6-4-16)23(30)31-2/h3-10,15H,11-14,24H2,1-2H3. The molecule has 31 heavy (non-hydrogen) atoms. The van der Waals surface area contributed by atoms with Gasteiger partial charge in [0.05, 0.1) is 24.1 Å². The summed E-state index contributed by atoms with van der Waals surface area (Å²) in [5, 5.41) is 4.59. The fraction of sp³-hybridized carbons (Fsp3) is 0.261. The molecule has 0 spiro atoms. The van der Waals surface area contributed by atoms with Gasteiger partial charge in [0.15, 0.2) is 0 Å². The Balaban J connectivity index is 1.52. The van der Waals surface area contributed by atoms with Crippen LogP contribution in [0.2, 0.25) is 0 Å². The summed E-state index contributed by atoms with van der Waals surface area (Å²) < 4.78 is 6.36. The van der Waals surface area contributed by atoms with Gasteiger partial charge < -0.3 is 20.3 Å². The van der Waals surface area contributed by atoms with E-state index in [0.717, 1.165) is 37.4 Å². The molecule has 160 valence electrons. The number of nitrogens with zero attached hydrogens (tertiary/aromatic N) is 4.